The number of esters is 1. The quantitative estimate of drug-likeness (QED) is 0.201. The van der Waals surface area contributed by atoms with Gasteiger partial charge in [-0.15, -0.1) is 0 Å². The minimum Gasteiger partial charge on any atom is -0.481 e. The van der Waals surface area contributed by atoms with Crippen LogP contribution in [0.2, 0.25) is 10.0 Å². The van der Waals surface area contributed by atoms with E-state index >= 15 is 0 Å². The van der Waals surface area contributed by atoms with Crippen LogP contribution in [0.15, 0.2) is 48.6 Å². The molecule has 2 rings (SSSR count). The van der Waals surface area contributed by atoms with E-state index in [1.807, 2.05) is 49.4 Å². The summed E-state index contributed by atoms with van der Waals surface area (Å²) in [4.78, 5) is 23.1. The molecule has 4 nitrogen and oxygen atoms in total. The van der Waals surface area contributed by atoms with Crippen LogP contribution >= 0.6 is 23.2 Å². The second kappa shape index (κ2) is 17.1. The average Bonchev–Trinajstić information content (AvgIpc) is 2.87. The Morgan fingerprint density at radius 3 is 1.57 bits per heavy atom. The predicted octanol–water partition coefficient (Wildman–Crippen LogP) is 10.7. The Bertz CT molecular complexity index is 1190. The molecule has 0 aliphatic heterocycles. The van der Waals surface area contributed by atoms with Crippen LogP contribution in [0.3, 0.4) is 0 Å². The molecular weight excluding hydrogens is 567 g/mol. The molecule has 42 heavy (non-hydrogen) atoms. The molecule has 2 aromatic rings. The Morgan fingerprint density at radius 1 is 0.786 bits per heavy atom. The molecule has 0 radical (unpaired) electrons. The fourth-order valence-corrected chi connectivity index (χ4v) is 4.52. The van der Waals surface area contributed by atoms with E-state index in [1.165, 1.54) is 0 Å². The van der Waals surface area contributed by atoms with Crippen molar-refractivity contribution in [1.82, 2.24) is 0 Å². The minimum absolute atomic E-state index is 0.220. The van der Waals surface area contributed by atoms with Gasteiger partial charge in [-0.05, 0) is 90.7 Å². The molecule has 0 aliphatic rings. The predicted molar refractivity (Wildman–Crippen MR) is 178 cm³/mol. The molecule has 0 bridgehead atoms. The largest absolute Gasteiger partial charge is 0.481 e. The lowest BCUT2D eigenvalue weighted by Crippen LogP contribution is -2.13. The molecule has 0 saturated carbocycles. The van der Waals surface area contributed by atoms with Crippen LogP contribution in [0.1, 0.15) is 116 Å². The first kappa shape index (κ1) is 37.7. The number of carbonyl (C=O) groups is 2. The third-order valence-corrected chi connectivity index (χ3v) is 7.71. The summed E-state index contributed by atoms with van der Waals surface area (Å²) in [5.41, 5.74) is 4.44. The number of carboxylic acid groups (broad SMARTS) is 1. The van der Waals surface area contributed by atoms with E-state index in [0.717, 1.165) is 53.0 Å². The van der Waals surface area contributed by atoms with Crippen LogP contribution in [0.4, 0.5) is 0 Å². The van der Waals surface area contributed by atoms with Gasteiger partial charge in [-0.1, -0.05) is 115 Å². The Balaban J connectivity index is 0.000000437. The smallest absolute Gasteiger partial charge is 0.313 e. The first-order valence-corrected chi connectivity index (χ1v) is 15.7. The van der Waals surface area contributed by atoms with Gasteiger partial charge in [0.05, 0.1) is 11.8 Å². The number of hydrogen-bond donors (Lipinski definition) is 1. The van der Waals surface area contributed by atoms with Crippen molar-refractivity contribution in [2.75, 3.05) is 6.61 Å². The van der Waals surface area contributed by atoms with Crippen molar-refractivity contribution < 1.29 is 19.4 Å². The maximum atomic E-state index is 12.1. The van der Waals surface area contributed by atoms with Gasteiger partial charge in [-0.2, -0.15) is 0 Å². The van der Waals surface area contributed by atoms with Gasteiger partial charge in [0.25, 0.3) is 0 Å². The molecule has 0 aliphatic carbocycles. The van der Waals surface area contributed by atoms with Crippen molar-refractivity contribution >= 4 is 35.1 Å². The molecule has 6 heteroatoms. The molecule has 2 aromatic carbocycles. The summed E-state index contributed by atoms with van der Waals surface area (Å²) < 4.78 is 5.30. The van der Waals surface area contributed by atoms with Crippen LogP contribution in [-0.2, 0) is 27.2 Å². The second-order valence-corrected chi connectivity index (χ2v) is 14.7. The molecule has 2 atom stereocenters. The maximum Gasteiger partial charge on any atom is 0.313 e. The monoisotopic (exact) mass is 618 g/mol. The summed E-state index contributed by atoms with van der Waals surface area (Å²) in [6.45, 7) is 21.3. The van der Waals surface area contributed by atoms with E-state index in [-0.39, 0.29) is 22.7 Å². The Labute approximate surface area is 264 Å². The Morgan fingerprint density at radius 2 is 1.21 bits per heavy atom. The number of aliphatic carboxylic acids is 1. The fraction of sp³-hybridized carbons (Fsp3) is 0.556. The molecular formula is C36H52Cl2O4. The molecule has 0 heterocycles. The summed E-state index contributed by atoms with van der Waals surface area (Å²) in [5, 5.41) is 10.4. The molecule has 0 aromatic heterocycles. The minimum atomic E-state index is -0.825. The number of rotatable bonds is 11. The van der Waals surface area contributed by atoms with Crippen LogP contribution in [0.25, 0.3) is 0 Å². The van der Waals surface area contributed by atoms with Gasteiger partial charge in [0.2, 0.25) is 0 Å². The zero-order chi connectivity index (χ0) is 32.3. The number of benzene rings is 2. The standard InChI is InChI=1S/C21H31ClO2.C15H21ClO2/c1-15(2)8-7-13-24-20(23)16(3)18-10-9-17(19(22)14-18)11-12-21(4,5)6;1-10(14(17)18)12-6-5-11(13(16)9-12)7-8-15(2,3)4/h7-10,14-16H,11-13H2,1-6H3;5-6,9-10H,7-8H2,1-4H3,(H,17,18)/b8-7+;. The number of hydrogen-bond acceptors (Lipinski definition) is 3. The van der Waals surface area contributed by atoms with Gasteiger partial charge >= 0.3 is 11.9 Å². The summed E-state index contributed by atoms with van der Waals surface area (Å²) in [7, 11) is 0. The van der Waals surface area contributed by atoms with Gasteiger partial charge in [0, 0.05) is 10.0 Å². The summed E-state index contributed by atoms with van der Waals surface area (Å²) in [6, 6.07) is 11.5. The number of halogens is 2. The van der Waals surface area contributed by atoms with E-state index < -0.39 is 11.9 Å². The normalized spacial score (nSPS) is 13.5. The van der Waals surface area contributed by atoms with E-state index in [1.54, 1.807) is 13.0 Å². The van der Waals surface area contributed by atoms with Gasteiger partial charge in [0.1, 0.15) is 6.61 Å². The highest BCUT2D eigenvalue weighted by molar-refractivity contribution is 6.31. The van der Waals surface area contributed by atoms with Gasteiger partial charge < -0.3 is 9.84 Å². The summed E-state index contributed by atoms with van der Waals surface area (Å²) in [5.74, 6) is -1.42. The fourth-order valence-electron chi connectivity index (χ4n) is 3.95. The van der Waals surface area contributed by atoms with Crippen LogP contribution in [0.5, 0.6) is 0 Å². The molecule has 0 saturated heterocycles. The molecule has 1 N–H and O–H groups in total. The number of aryl methyl sites for hydroxylation is 2. The maximum absolute atomic E-state index is 12.1. The highest BCUT2D eigenvalue weighted by Crippen LogP contribution is 2.29. The zero-order valence-corrected chi connectivity index (χ0v) is 28.8. The number of ether oxygens (including phenoxy) is 1. The first-order valence-electron chi connectivity index (χ1n) is 14.9. The third-order valence-electron chi connectivity index (χ3n) is 7.01. The molecule has 0 fully saturated rings. The van der Waals surface area contributed by atoms with Crippen molar-refractivity contribution in [3.8, 4) is 0 Å². The zero-order valence-electron chi connectivity index (χ0n) is 27.3. The van der Waals surface area contributed by atoms with E-state index in [9.17, 15) is 9.59 Å². The second-order valence-electron chi connectivity index (χ2n) is 13.9. The van der Waals surface area contributed by atoms with Crippen LogP contribution < -0.4 is 0 Å². The number of carboxylic acids is 1. The molecule has 234 valence electrons. The Hall–Kier alpha value is -2.30. The van der Waals surface area contributed by atoms with E-state index in [4.69, 9.17) is 33.0 Å². The Kier molecular flexibility index (Phi) is 15.4. The van der Waals surface area contributed by atoms with Gasteiger partial charge in [-0.25, -0.2) is 0 Å². The summed E-state index contributed by atoms with van der Waals surface area (Å²) >= 11 is 12.6. The van der Waals surface area contributed by atoms with E-state index in [0.29, 0.717) is 17.5 Å². The van der Waals surface area contributed by atoms with Crippen molar-refractivity contribution in [1.29, 1.82) is 0 Å². The topological polar surface area (TPSA) is 63.6 Å². The first-order chi connectivity index (χ1) is 19.3. The number of allylic oxidation sites excluding steroid dienone is 1. The molecule has 0 spiro atoms. The lowest BCUT2D eigenvalue weighted by atomic mass is 9.88. The molecule has 2 unspecified atom stereocenters. The van der Waals surface area contributed by atoms with Crippen molar-refractivity contribution in [3.05, 3.63) is 80.8 Å². The highest BCUT2D eigenvalue weighted by atomic mass is 35.5. The third kappa shape index (κ3) is 14.7. The lowest BCUT2D eigenvalue weighted by molar-refractivity contribution is -0.143. The summed E-state index contributed by atoms with van der Waals surface area (Å²) in [6.07, 6.45) is 7.91. The van der Waals surface area contributed by atoms with Gasteiger partial charge in [0.15, 0.2) is 0 Å². The van der Waals surface area contributed by atoms with Crippen molar-refractivity contribution in [3.63, 3.8) is 0 Å². The number of carbonyl (C=O) groups excluding carboxylic acids is 1. The highest BCUT2D eigenvalue weighted by Gasteiger charge is 2.19. The molecule has 0 amide bonds. The SMILES string of the molecule is CC(C(=O)O)c1ccc(CCC(C)(C)C)c(Cl)c1.CC(C)/C=C/COC(=O)C(C)c1ccc(CCC(C)(C)C)c(Cl)c1. The average molecular weight is 620 g/mol. The lowest BCUT2D eigenvalue weighted by Gasteiger charge is -2.19. The van der Waals surface area contributed by atoms with E-state index in [2.05, 4.69) is 55.4 Å². The van der Waals surface area contributed by atoms with Crippen molar-refractivity contribution in [2.45, 2.75) is 107 Å². The van der Waals surface area contributed by atoms with Crippen LogP contribution in [0, 0.1) is 16.7 Å². The van der Waals surface area contributed by atoms with Crippen LogP contribution in [-0.4, -0.2) is 23.7 Å². The van der Waals surface area contributed by atoms with Crippen molar-refractivity contribution in [2.24, 2.45) is 16.7 Å². The van der Waals surface area contributed by atoms with Gasteiger partial charge in [-0.3, -0.25) is 9.59 Å².